The van der Waals surface area contributed by atoms with E-state index in [9.17, 15) is 9.59 Å². The van der Waals surface area contributed by atoms with Crippen molar-refractivity contribution in [3.05, 3.63) is 16.1 Å². The Morgan fingerprint density at radius 2 is 2.00 bits per heavy atom. The second kappa shape index (κ2) is 7.94. The first-order valence-corrected chi connectivity index (χ1v) is 8.95. The van der Waals surface area contributed by atoms with Gasteiger partial charge in [-0.25, -0.2) is 14.6 Å². The first kappa shape index (κ1) is 18.7. The largest absolute Gasteiger partial charge is 0.528 e. The van der Waals surface area contributed by atoms with Crippen LogP contribution < -0.4 is 0 Å². The van der Waals surface area contributed by atoms with Crippen molar-refractivity contribution in [3.8, 4) is 0 Å². The van der Waals surface area contributed by atoms with Gasteiger partial charge in [-0.1, -0.05) is 0 Å². The molecule has 1 saturated heterocycles. The molecule has 1 aliphatic rings. The molecule has 0 N–H and O–H groups in total. The average molecular weight is 356 g/mol. The smallest absolute Gasteiger partial charge is 0.461 e. The second-order valence-electron chi connectivity index (χ2n) is 6.55. The fourth-order valence-corrected chi connectivity index (χ4v) is 3.30. The van der Waals surface area contributed by atoms with E-state index in [2.05, 4.69) is 4.98 Å². The summed E-state index contributed by atoms with van der Waals surface area (Å²) < 4.78 is 10.1. The van der Waals surface area contributed by atoms with Gasteiger partial charge in [0.1, 0.15) is 5.60 Å². The standard InChI is InChI=1S/C16H24N2O5S/c1-5-21-14(19)12-10-24-13(17-12)11-6-8-18(9-7-11)23-15(20)22-16(2,3)4/h10-11H,5-9H2,1-4H3. The first-order valence-electron chi connectivity index (χ1n) is 8.07. The van der Waals surface area contributed by atoms with Crippen molar-refractivity contribution >= 4 is 23.5 Å². The Balaban J connectivity index is 1.82. The zero-order chi connectivity index (χ0) is 17.7. The van der Waals surface area contributed by atoms with Gasteiger partial charge in [-0.3, -0.25) is 0 Å². The van der Waals surface area contributed by atoms with Gasteiger partial charge >= 0.3 is 12.1 Å². The topological polar surface area (TPSA) is 78.0 Å². The van der Waals surface area contributed by atoms with Crippen molar-refractivity contribution in [1.82, 2.24) is 10.0 Å². The molecule has 1 aromatic heterocycles. The van der Waals surface area contributed by atoms with Crippen molar-refractivity contribution in [2.45, 2.75) is 52.1 Å². The Morgan fingerprint density at radius 1 is 1.33 bits per heavy atom. The van der Waals surface area contributed by atoms with Crippen molar-refractivity contribution < 1.29 is 23.9 Å². The number of aromatic nitrogens is 1. The number of rotatable bonds is 4. The summed E-state index contributed by atoms with van der Waals surface area (Å²) in [6, 6.07) is 0. The van der Waals surface area contributed by atoms with Crippen LogP contribution in [0.1, 0.15) is 62.0 Å². The molecule has 1 fully saturated rings. The van der Waals surface area contributed by atoms with Crippen molar-refractivity contribution in [2.24, 2.45) is 0 Å². The Bertz CT molecular complexity index is 573. The fraction of sp³-hybridized carbons (Fsp3) is 0.688. The molecule has 0 aromatic carbocycles. The summed E-state index contributed by atoms with van der Waals surface area (Å²) in [6.45, 7) is 8.71. The summed E-state index contributed by atoms with van der Waals surface area (Å²) in [5.74, 6) is -0.123. The number of piperidine rings is 1. The van der Waals surface area contributed by atoms with E-state index in [1.807, 2.05) is 0 Å². The van der Waals surface area contributed by atoms with Crippen LogP contribution in [0.2, 0.25) is 0 Å². The number of hydrogen-bond acceptors (Lipinski definition) is 8. The van der Waals surface area contributed by atoms with Crippen molar-refractivity contribution in [1.29, 1.82) is 0 Å². The average Bonchev–Trinajstić information content (AvgIpc) is 2.96. The molecule has 7 nitrogen and oxygen atoms in total. The van der Waals surface area contributed by atoms with Gasteiger partial charge in [0.05, 0.1) is 11.6 Å². The normalized spacial score (nSPS) is 16.7. The molecule has 2 rings (SSSR count). The van der Waals surface area contributed by atoms with Crippen LogP contribution in [-0.4, -0.2) is 47.5 Å². The predicted molar refractivity (Wildman–Crippen MR) is 88.9 cm³/mol. The zero-order valence-electron chi connectivity index (χ0n) is 14.5. The summed E-state index contributed by atoms with van der Waals surface area (Å²) in [5.41, 5.74) is -0.205. The molecule has 1 aromatic rings. The van der Waals surface area contributed by atoms with Crippen molar-refractivity contribution in [2.75, 3.05) is 19.7 Å². The summed E-state index contributed by atoms with van der Waals surface area (Å²) in [7, 11) is 0. The van der Waals surface area contributed by atoms with Crippen LogP contribution in [0, 0.1) is 0 Å². The Labute approximate surface area is 145 Å². The molecule has 1 aliphatic heterocycles. The lowest BCUT2D eigenvalue weighted by Crippen LogP contribution is -2.37. The molecule has 0 aliphatic carbocycles. The quantitative estimate of drug-likeness (QED) is 0.765. The molecule has 0 atom stereocenters. The highest BCUT2D eigenvalue weighted by molar-refractivity contribution is 7.09. The Hall–Kier alpha value is -1.67. The lowest BCUT2D eigenvalue weighted by Gasteiger charge is -2.30. The molecule has 0 spiro atoms. The lowest BCUT2D eigenvalue weighted by atomic mass is 9.99. The third-order valence-electron chi connectivity index (χ3n) is 3.40. The molecule has 8 heteroatoms. The number of hydrogen-bond donors (Lipinski definition) is 0. The molecule has 0 radical (unpaired) electrons. The minimum absolute atomic E-state index is 0.261. The molecule has 0 unspecified atom stereocenters. The number of hydroxylamine groups is 2. The molecular weight excluding hydrogens is 332 g/mol. The number of ether oxygens (including phenoxy) is 2. The van der Waals surface area contributed by atoms with Gasteiger partial charge in [0.25, 0.3) is 0 Å². The van der Waals surface area contributed by atoms with Crippen LogP contribution in [0.5, 0.6) is 0 Å². The van der Waals surface area contributed by atoms with E-state index in [0.717, 1.165) is 17.8 Å². The highest BCUT2D eigenvalue weighted by Gasteiger charge is 2.27. The van der Waals surface area contributed by atoms with Crippen LogP contribution in [-0.2, 0) is 14.3 Å². The van der Waals surface area contributed by atoms with Gasteiger partial charge in [0.15, 0.2) is 5.69 Å². The van der Waals surface area contributed by atoms with Gasteiger partial charge in [-0.05, 0) is 40.5 Å². The Morgan fingerprint density at radius 3 is 2.58 bits per heavy atom. The molecular formula is C16H24N2O5S. The predicted octanol–water partition coefficient (Wildman–Crippen LogP) is 3.37. The number of carbonyl (C=O) groups excluding carboxylic acids is 2. The van der Waals surface area contributed by atoms with E-state index in [1.54, 1.807) is 38.1 Å². The van der Waals surface area contributed by atoms with Gasteiger partial charge in [-0.15, -0.1) is 16.4 Å². The summed E-state index contributed by atoms with van der Waals surface area (Å²) in [4.78, 5) is 32.9. The minimum atomic E-state index is -0.681. The van der Waals surface area contributed by atoms with Crippen molar-refractivity contribution in [3.63, 3.8) is 0 Å². The Kier molecular flexibility index (Phi) is 6.17. The maximum absolute atomic E-state index is 11.7. The zero-order valence-corrected chi connectivity index (χ0v) is 15.4. The fourth-order valence-electron chi connectivity index (χ4n) is 2.34. The highest BCUT2D eigenvalue weighted by Crippen LogP contribution is 2.30. The van der Waals surface area contributed by atoms with E-state index in [4.69, 9.17) is 14.3 Å². The summed E-state index contributed by atoms with van der Waals surface area (Å²) >= 11 is 1.47. The molecule has 134 valence electrons. The molecule has 0 bridgehead atoms. The van der Waals surface area contributed by atoms with Gasteiger partial charge < -0.3 is 14.3 Å². The van der Waals surface area contributed by atoms with E-state index < -0.39 is 11.8 Å². The summed E-state index contributed by atoms with van der Waals surface area (Å²) in [6.07, 6.45) is 0.928. The lowest BCUT2D eigenvalue weighted by molar-refractivity contribution is -0.152. The van der Waals surface area contributed by atoms with Crippen LogP contribution in [0.3, 0.4) is 0 Å². The van der Waals surface area contributed by atoms with E-state index in [1.165, 1.54) is 11.3 Å². The molecule has 2 heterocycles. The van der Waals surface area contributed by atoms with E-state index in [-0.39, 0.29) is 11.9 Å². The molecule has 24 heavy (non-hydrogen) atoms. The number of carbonyl (C=O) groups is 2. The first-order chi connectivity index (χ1) is 11.3. The second-order valence-corrected chi connectivity index (χ2v) is 7.44. The summed E-state index contributed by atoms with van der Waals surface area (Å²) in [5, 5.41) is 4.27. The molecule has 0 amide bonds. The van der Waals surface area contributed by atoms with Crippen LogP contribution >= 0.6 is 11.3 Å². The number of esters is 1. The monoisotopic (exact) mass is 356 g/mol. The van der Waals surface area contributed by atoms with Crippen LogP contribution in [0.15, 0.2) is 5.38 Å². The number of nitrogens with zero attached hydrogens (tertiary/aromatic N) is 2. The molecule has 0 saturated carbocycles. The third-order valence-corrected chi connectivity index (χ3v) is 4.41. The van der Waals surface area contributed by atoms with Gasteiger partial charge in [-0.2, -0.15) is 0 Å². The van der Waals surface area contributed by atoms with E-state index in [0.29, 0.717) is 25.4 Å². The maximum Gasteiger partial charge on any atom is 0.528 e. The SMILES string of the molecule is CCOC(=O)c1csc(C2CCN(OC(=O)OC(C)(C)C)CC2)n1. The van der Waals surface area contributed by atoms with Gasteiger partial charge in [0, 0.05) is 24.4 Å². The van der Waals surface area contributed by atoms with Gasteiger partial charge in [0.2, 0.25) is 0 Å². The maximum atomic E-state index is 11.7. The van der Waals surface area contributed by atoms with E-state index >= 15 is 0 Å². The highest BCUT2D eigenvalue weighted by atomic mass is 32.1. The number of thiazole rings is 1. The minimum Gasteiger partial charge on any atom is -0.461 e. The van der Waals surface area contributed by atoms with Crippen LogP contribution in [0.4, 0.5) is 4.79 Å². The third kappa shape index (κ3) is 5.45. The van der Waals surface area contributed by atoms with Crippen LogP contribution in [0.25, 0.3) is 0 Å².